The van der Waals surface area contributed by atoms with E-state index in [9.17, 15) is 10.1 Å². The first-order valence-corrected chi connectivity index (χ1v) is 8.86. The first-order chi connectivity index (χ1) is 11.9. The number of nitriles is 1. The Balaban J connectivity index is 2.31. The number of benzene rings is 2. The van der Waals surface area contributed by atoms with Gasteiger partial charge in [0.2, 0.25) is 0 Å². The first kappa shape index (κ1) is 18.6. The number of nitrogens with two attached hydrogens (primary N) is 1. The molecule has 0 aliphatic heterocycles. The highest BCUT2D eigenvalue weighted by Crippen LogP contribution is 2.28. The summed E-state index contributed by atoms with van der Waals surface area (Å²) in [7, 11) is 0. The predicted octanol–water partition coefficient (Wildman–Crippen LogP) is 4.18. The van der Waals surface area contributed by atoms with Crippen LogP contribution in [-0.4, -0.2) is 5.91 Å². The van der Waals surface area contributed by atoms with Crippen LogP contribution in [0.1, 0.15) is 22.3 Å². The molecule has 0 bridgehead atoms. The third-order valence-electron chi connectivity index (χ3n) is 3.98. The zero-order valence-corrected chi connectivity index (χ0v) is 15.4. The van der Waals surface area contributed by atoms with Crippen molar-refractivity contribution in [2.45, 2.75) is 26.5 Å². The molecular formula is C20H21N3OS. The molecule has 3 N–H and O–H groups in total. The van der Waals surface area contributed by atoms with Crippen LogP contribution in [0.3, 0.4) is 0 Å². The molecule has 0 atom stereocenters. The summed E-state index contributed by atoms with van der Waals surface area (Å²) in [5.41, 5.74) is 10.8. The second-order valence-electron chi connectivity index (χ2n) is 5.82. The number of carbonyl (C=O) groups excluding carboxylic acids is 1. The van der Waals surface area contributed by atoms with Gasteiger partial charge in [0.05, 0.1) is 5.03 Å². The van der Waals surface area contributed by atoms with Gasteiger partial charge in [0.1, 0.15) is 11.6 Å². The summed E-state index contributed by atoms with van der Waals surface area (Å²) in [6, 6.07) is 15.9. The lowest BCUT2D eigenvalue weighted by atomic mass is 10.1. The number of anilines is 1. The average molecular weight is 351 g/mol. The molecule has 25 heavy (non-hydrogen) atoms. The van der Waals surface area contributed by atoms with Gasteiger partial charge in [0.25, 0.3) is 5.91 Å². The molecule has 0 radical (unpaired) electrons. The number of hydrogen-bond donors (Lipinski definition) is 2. The van der Waals surface area contributed by atoms with Gasteiger partial charge >= 0.3 is 0 Å². The molecule has 0 unspecified atom stereocenters. The molecule has 0 saturated carbocycles. The molecule has 2 aromatic rings. The normalized spacial score (nSPS) is 11.4. The van der Waals surface area contributed by atoms with Crippen LogP contribution < -0.4 is 11.1 Å². The van der Waals surface area contributed by atoms with Crippen LogP contribution in [0.5, 0.6) is 0 Å². The Hall–Kier alpha value is -2.71. The molecule has 0 heterocycles. The molecule has 2 aromatic carbocycles. The number of thioether (sulfide) groups is 1. The fourth-order valence-electron chi connectivity index (χ4n) is 2.26. The Morgan fingerprint density at radius 3 is 2.44 bits per heavy atom. The number of rotatable bonds is 6. The Kier molecular flexibility index (Phi) is 6.26. The van der Waals surface area contributed by atoms with Crippen molar-refractivity contribution in [1.29, 1.82) is 5.26 Å². The monoisotopic (exact) mass is 351 g/mol. The molecule has 0 saturated heterocycles. The van der Waals surface area contributed by atoms with Crippen molar-refractivity contribution in [3.05, 3.63) is 75.3 Å². The van der Waals surface area contributed by atoms with E-state index >= 15 is 0 Å². The van der Waals surface area contributed by atoms with Crippen molar-refractivity contribution in [3.8, 4) is 6.07 Å². The van der Waals surface area contributed by atoms with Gasteiger partial charge in [0.15, 0.2) is 0 Å². The van der Waals surface area contributed by atoms with Crippen LogP contribution in [0.2, 0.25) is 0 Å². The standard InChI is InChI=1S/C20H21N3OS/c1-13-8-9-17(10-15(13)3)23-20(18(11-21)19(22)24)25-12-16-7-5-4-6-14(16)2/h4-10,23H,12H2,1-3H3,(H2,22,24)/b20-18+. The van der Waals surface area contributed by atoms with Crippen molar-refractivity contribution < 1.29 is 4.79 Å². The maximum absolute atomic E-state index is 11.7. The first-order valence-electron chi connectivity index (χ1n) is 7.88. The second kappa shape index (κ2) is 8.41. The van der Waals surface area contributed by atoms with Crippen molar-refractivity contribution in [3.63, 3.8) is 0 Å². The minimum atomic E-state index is -0.730. The van der Waals surface area contributed by atoms with Crippen molar-refractivity contribution >= 4 is 23.4 Å². The van der Waals surface area contributed by atoms with E-state index in [1.165, 1.54) is 17.3 Å². The van der Waals surface area contributed by atoms with Gasteiger partial charge in [-0.25, -0.2) is 0 Å². The molecule has 1 amide bonds. The van der Waals surface area contributed by atoms with E-state index in [1.54, 1.807) is 0 Å². The third-order valence-corrected chi connectivity index (χ3v) is 5.03. The average Bonchev–Trinajstić information content (AvgIpc) is 2.57. The predicted molar refractivity (Wildman–Crippen MR) is 104 cm³/mol. The van der Waals surface area contributed by atoms with Crippen LogP contribution >= 0.6 is 11.8 Å². The van der Waals surface area contributed by atoms with Crippen molar-refractivity contribution in [1.82, 2.24) is 0 Å². The Morgan fingerprint density at radius 2 is 1.84 bits per heavy atom. The SMILES string of the molecule is Cc1ccc(N/C(SCc2ccccc2C)=C(/C#N)C(N)=O)cc1C. The van der Waals surface area contributed by atoms with E-state index in [4.69, 9.17) is 5.73 Å². The van der Waals surface area contributed by atoms with Gasteiger partial charge < -0.3 is 11.1 Å². The fourth-order valence-corrected chi connectivity index (χ4v) is 3.37. The van der Waals surface area contributed by atoms with Gasteiger partial charge in [-0.15, -0.1) is 11.8 Å². The van der Waals surface area contributed by atoms with Crippen molar-refractivity contribution in [2.24, 2.45) is 5.73 Å². The van der Waals surface area contributed by atoms with Gasteiger partial charge in [-0.1, -0.05) is 30.3 Å². The smallest absolute Gasteiger partial charge is 0.262 e. The molecule has 5 heteroatoms. The highest BCUT2D eigenvalue weighted by Gasteiger charge is 2.14. The summed E-state index contributed by atoms with van der Waals surface area (Å²) in [5, 5.41) is 13.0. The number of carbonyl (C=O) groups is 1. The summed E-state index contributed by atoms with van der Waals surface area (Å²) in [4.78, 5) is 11.7. The summed E-state index contributed by atoms with van der Waals surface area (Å²) in [5.74, 6) is -0.0932. The third kappa shape index (κ3) is 4.88. The lowest BCUT2D eigenvalue weighted by Gasteiger charge is -2.14. The van der Waals surface area contributed by atoms with E-state index in [0.717, 1.165) is 22.4 Å². The summed E-state index contributed by atoms with van der Waals surface area (Å²) in [6.45, 7) is 6.09. The fraction of sp³-hybridized carbons (Fsp3) is 0.200. The molecule has 0 spiro atoms. The van der Waals surface area contributed by atoms with Gasteiger partial charge in [0, 0.05) is 11.4 Å². The van der Waals surface area contributed by atoms with Gasteiger partial charge in [-0.3, -0.25) is 4.79 Å². The molecule has 0 aliphatic rings. The molecule has 4 nitrogen and oxygen atoms in total. The quantitative estimate of drug-likeness (QED) is 0.604. The molecule has 0 aliphatic carbocycles. The summed E-state index contributed by atoms with van der Waals surface area (Å²) in [6.07, 6.45) is 0. The largest absolute Gasteiger partial charge is 0.365 e. The van der Waals surface area contributed by atoms with Crippen LogP contribution in [0, 0.1) is 32.1 Å². The zero-order chi connectivity index (χ0) is 18.4. The van der Waals surface area contributed by atoms with Crippen molar-refractivity contribution in [2.75, 3.05) is 5.32 Å². The maximum Gasteiger partial charge on any atom is 0.262 e. The summed E-state index contributed by atoms with van der Waals surface area (Å²) >= 11 is 1.40. The minimum Gasteiger partial charge on any atom is -0.365 e. The second-order valence-corrected chi connectivity index (χ2v) is 6.80. The lowest BCUT2D eigenvalue weighted by Crippen LogP contribution is -2.16. The number of nitrogens with one attached hydrogen (secondary N) is 1. The molecule has 0 fully saturated rings. The number of primary amides is 1. The Labute approximate surface area is 152 Å². The number of aryl methyl sites for hydroxylation is 3. The number of hydrogen-bond acceptors (Lipinski definition) is 4. The highest BCUT2D eigenvalue weighted by molar-refractivity contribution is 8.02. The van der Waals surface area contributed by atoms with Crippen LogP contribution in [-0.2, 0) is 10.5 Å². The van der Waals surface area contributed by atoms with Gasteiger partial charge in [-0.2, -0.15) is 5.26 Å². The van der Waals surface area contributed by atoms with Crippen LogP contribution in [0.25, 0.3) is 0 Å². The Bertz CT molecular complexity index is 865. The van der Waals surface area contributed by atoms with E-state index in [2.05, 4.69) is 5.32 Å². The van der Waals surface area contributed by atoms with E-state index in [1.807, 2.05) is 69.3 Å². The molecule has 128 valence electrons. The summed E-state index contributed by atoms with van der Waals surface area (Å²) < 4.78 is 0. The van der Waals surface area contributed by atoms with E-state index in [0.29, 0.717) is 10.8 Å². The van der Waals surface area contributed by atoms with Gasteiger partial charge in [-0.05, 0) is 55.2 Å². The minimum absolute atomic E-state index is 0.0585. The van der Waals surface area contributed by atoms with Crippen LogP contribution in [0.4, 0.5) is 5.69 Å². The lowest BCUT2D eigenvalue weighted by molar-refractivity contribution is -0.114. The molecule has 0 aromatic heterocycles. The topological polar surface area (TPSA) is 78.9 Å². The van der Waals surface area contributed by atoms with E-state index in [-0.39, 0.29) is 5.57 Å². The number of amides is 1. The zero-order valence-electron chi connectivity index (χ0n) is 14.6. The van der Waals surface area contributed by atoms with E-state index < -0.39 is 5.91 Å². The molecule has 2 rings (SSSR count). The highest BCUT2D eigenvalue weighted by atomic mass is 32.2. The number of nitrogens with zero attached hydrogens (tertiary/aromatic N) is 1. The Morgan fingerprint density at radius 1 is 1.12 bits per heavy atom. The molecular weight excluding hydrogens is 330 g/mol. The maximum atomic E-state index is 11.7. The van der Waals surface area contributed by atoms with Crippen LogP contribution in [0.15, 0.2) is 53.1 Å².